The van der Waals surface area contributed by atoms with E-state index in [0.717, 1.165) is 18.4 Å². The second-order valence-corrected chi connectivity index (χ2v) is 6.97. The number of aromatic carboxylic acids is 1. The average Bonchev–Trinajstić information content (AvgIpc) is 2.63. The summed E-state index contributed by atoms with van der Waals surface area (Å²) in [6.45, 7) is 1.18. The molecule has 2 fully saturated rings. The van der Waals surface area contributed by atoms with E-state index >= 15 is 0 Å². The van der Waals surface area contributed by atoms with Crippen LogP contribution in [0.3, 0.4) is 0 Å². The van der Waals surface area contributed by atoms with Crippen LogP contribution in [0.1, 0.15) is 47.5 Å². The first-order chi connectivity index (χ1) is 12.5. The van der Waals surface area contributed by atoms with Crippen LogP contribution in [0.5, 0.6) is 0 Å². The maximum atomic E-state index is 12.0. The lowest BCUT2D eigenvalue weighted by Gasteiger charge is -2.36. The highest BCUT2D eigenvalue weighted by molar-refractivity contribution is 5.88. The molecule has 1 aromatic rings. The molecule has 0 aromatic heterocycles. The first-order valence-electron chi connectivity index (χ1n) is 9.01. The highest BCUT2D eigenvalue weighted by Crippen LogP contribution is 2.37. The van der Waals surface area contributed by atoms with Gasteiger partial charge in [0.25, 0.3) is 0 Å². The molecule has 3 N–H and O–H groups in total. The van der Waals surface area contributed by atoms with Crippen molar-refractivity contribution in [2.75, 3.05) is 19.8 Å². The maximum Gasteiger partial charge on any atom is 0.335 e. The lowest BCUT2D eigenvalue weighted by atomic mass is 9.75. The van der Waals surface area contributed by atoms with Crippen molar-refractivity contribution in [3.05, 3.63) is 35.4 Å². The molecule has 0 spiro atoms. The Labute approximate surface area is 152 Å². The van der Waals surface area contributed by atoms with Crippen LogP contribution >= 0.6 is 0 Å². The van der Waals surface area contributed by atoms with Crippen molar-refractivity contribution in [2.45, 2.75) is 37.6 Å². The lowest BCUT2D eigenvalue weighted by molar-refractivity contribution is -0.131. The fourth-order valence-electron chi connectivity index (χ4n) is 3.48. The smallest absolute Gasteiger partial charge is 0.335 e. The van der Waals surface area contributed by atoms with Crippen molar-refractivity contribution in [1.82, 2.24) is 10.6 Å². The molecule has 140 valence electrons. The summed E-state index contributed by atoms with van der Waals surface area (Å²) in [6.07, 6.45) is 2.96. The Hall–Kier alpha value is -2.41. The quantitative estimate of drug-likeness (QED) is 0.709. The molecule has 2 amide bonds. The SMILES string of the molecule is O=C(CNC(=O)C1CCOCC1)NC1CC(c2cccc(C(=O)O)c2)C1. The number of carbonyl (C=O) groups excluding carboxylic acids is 2. The molecule has 1 heterocycles. The summed E-state index contributed by atoms with van der Waals surface area (Å²) in [5, 5.41) is 14.7. The molecule has 0 unspecified atom stereocenters. The third kappa shape index (κ3) is 4.60. The van der Waals surface area contributed by atoms with E-state index in [1.165, 1.54) is 0 Å². The zero-order valence-electron chi connectivity index (χ0n) is 14.6. The Balaban J connectivity index is 1.38. The molecule has 1 aliphatic heterocycles. The first kappa shape index (κ1) is 18.4. The molecule has 1 saturated carbocycles. The Morgan fingerprint density at radius 2 is 1.88 bits per heavy atom. The molecule has 0 radical (unpaired) electrons. The maximum absolute atomic E-state index is 12.0. The van der Waals surface area contributed by atoms with Gasteiger partial charge in [0.05, 0.1) is 12.1 Å². The second-order valence-electron chi connectivity index (χ2n) is 6.97. The van der Waals surface area contributed by atoms with Gasteiger partial charge in [0, 0.05) is 25.2 Å². The number of benzene rings is 1. The number of carboxylic acids is 1. The fraction of sp³-hybridized carbons (Fsp3) is 0.526. The minimum absolute atomic E-state index is 0.00808. The van der Waals surface area contributed by atoms with E-state index in [2.05, 4.69) is 10.6 Å². The second kappa shape index (κ2) is 8.31. The van der Waals surface area contributed by atoms with Crippen LogP contribution in [0.2, 0.25) is 0 Å². The highest BCUT2D eigenvalue weighted by Gasteiger charge is 2.32. The number of ether oxygens (including phenoxy) is 1. The average molecular weight is 360 g/mol. The molecule has 1 aliphatic carbocycles. The zero-order chi connectivity index (χ0) is 18.5. The number of hydrogen-bond donors (Lipinski definition) is 3. The third-order valence-electron chi connectivity index (χ3n) is 5.12. The molecular weight excluding hydrogens is 336 g/mol. The molecule has 1 aromatic carbocycles. The molecule has 7 nitrogen and oxygen atoms in total. The summed E-state index contributed by atoms with van der Waals surface area (Å²) >= 11 is 0. The topological polar surface area (TPSA) is 105 Å². The number of amides is 2. The molecular formula is C19H24N2O5. The van der Waals surface area contributed by atoms with Gasteiger partial charge in [-0.05, 0) is 49.3 Å². The van der Waals surface area contributed by atoms with Crippen molar-refractivity contribution in [2.24, 2.45) is 5.92 Å². The minimum Gasteiger partial charge on any atom is -0.478 e. The number of rotatable bonds is 6. The van der Waals surface area contributed by atoms with Crippen LogP contribution in [-0.2, 0) is 14.3 Å². The number of hydrogen-bond acceptors (Lipinski definition) is 4. The van der Waals surface area contributed by atoms with Crippen molar-refractivity contribution in [3.8, 4) is 0 Å². The Bertz CT molecular complexity index is 678. The van der Waals surface area contributed by atoms with Crippen LogP contribution in [-0.4, -0.2) is 48.7 Å². The van der Waals surface area contributed by atoms with Gasteiger partial charge in [0.1, 0.15) is 0 Å². The van der Waals surface area contributed by atoms with E-state index in [4.69, 9.17) is 9.84 Å². The number of carbonyl (C=O) groups is 3. The van der Waals surface area contributed by atoms with Gasteiger partial charge in [0.15, 0.2) is 0 Å². The molecule has 7 heteroatoms. The molecule has 26 heavy (non-hydrogen) atoms. The van der Waals surface area contributed by atoms with Gasteiger partial charge in [-0.2, -0.15) is 0 Å². The molecule has 0 bridgehead atoms. The third-order valence-corrected chi connectivity index (χ3v) is 5.12. The highest BCUT2D eigenvalue weighted by atomic mass is 16.5. The fourth-order valence-corrected chi connectivity index (χ4v) is 3.48. The van der Waals surface area contributed by atoms with E-state index in [9.17, 15) is 14.4 Å². The van der Waals surface area contributed by atoms with Gasteiger partial charge in [-0.1, -0.05) is 12.1 Å². The van der Waals surface area contributed by atoms with Gasteiger partial charge in [-0.15, -0.1) is 0 Å². The molecule has 0 atom stereocenters. The zero-order valence-corrected chi connectivity index (χ0v) is 14.6. The summed E-state index contributed by atoms with van der Waals surface area (Å²) in [6, 6.07) is 7.00. The van der Waals surface area contributed by atoms with Gasteiger partial charge in [-0.25, -0.2) is 4.79 Å². The minimum atomic E-state index is -0.934. The van der Waals surface area contributed by atoms with Gasteiger partial charge in [-0.3, -0.25) is 9.59 Å². The largest absolute Gasteiger partial charge is 0.478 e. The van der Waals surface area contributed by atoms with E-state index in [0.29, 0.717) is 26.1 Å². The van der Waals surface area contributed by atoms with E-state index in [1.54, 1.807) is 18.2 Å². The van der Waals surface area contributed by atoms with Crippen molar-refractivity contribution >= 4 is 17.8 Å². The van der Waals surface area contributed by atoms with Crippen LogP contribution < -0.4 is 10.6 Å². The molecule has 2 aliphatic rings. The van der Waals surface area contributed by atoms with Crippen LogP contribution in [0.15, 0.2) is 24.3 Å². The van der Waals surface area contributed by atoms with E-state index in [1.807, 2.05) is 6.07 Å². The van der Waals surface area contributed by atoms with Gasteiger partial charge in [0.2, 0.25) is 11.8 Å². The van der Waals surface area contributed by atoms with E-state index in [-0.39, 0.29) is 41.8 Å². The summed E-state index contributed by atoms with van der Waals surface area (Å²) < 4.78 is 5.23. The van der Waals surface area contributed by atoms with Crippen LogP contribution in [0.4, 0.5) is 0 Å². The standard InChI is InChI=1S/C19H24N2O5/c22-17(11-20-18(23)12-4-6-26-7-5-12)21-16-9-15(10-16)13-2-1-3-14(8-13)19(24)25/h1-3,8,12,15-16H,4-7,9-11H2,(H,20,23)(H,21,22)(H,24,25). The lowest BCUT2D eigenvalue weighted by Crippen LogP contribution is -2.48. The molecule has 1 saturated heterocycles. The Morgan fingerprint density at radius 1 is 1.15 bits per heavy atom. The first-order valence-corrected chi connectivity index (χ1v) is 9.01. The predicted octanol–water partition coefficient (Wildman–Crippen LogP) is 1.29. The summed E-state index contributed by atoms with van der Waals surface area (Å²) in [5.41, 5.74) is 1.27. The number of nitrogens with one attached hydrogen (secondary N) is 2. The predicted molar refractivity (Wildman–Crippen MR) is 93.9 cm³/mol. The summed E-state index contributed by atoms with van der Waals surface area (Å²) in [4.78, 5) is 35.0. The van der Waals surface area contributed by atoms with Crippen LogP contribution in [0.25, 0.3) is 0 Å². The van der Waals surface area contributed by atoms with Crippen molar-refractivity contribution < 1.29 is 24.2 Å². The van der Waals surface area contributed by atoms with E-state index < -0.39 is 5.97 Å². The monoisotopic (exact) mass is 360 g/mol. The van der Waals surface area contributed by atoms with Crippen molar-refractivity contribution in [1.29, 1.82) is 0 Å². The Kier molecular flexibility index (Phi) is 5.88. The summed E-state index contributed by atoms with van der Waals surface area (Å²) in [7, 11) is 0. The van der Waals surface area contributed by atoms with Gasteiger partial charge < -0.3 is 20.5 Å². The normalized spacial score (nSPS) is 22.9. The summed E-state index contributed by atoms with van der Waals surface area (Å²) in [5.74, 6) is -1.01. The van der Waals surface area contributed by atoms with Gasteiger partial charge >= 0.3 is 5.97 Å². The number of carboxylic acid groups (broad SMARTS) is 1. The van der Waals surface area contributed by atoms with Crippen molar-refractivity contribution in [3.63, 3.8) is 0 Å². The Morgan fingerprint density at radius 3 is 2.58 bits per heavy atom. The molecule has 3 rings (SSSR count). The van der Waals surface area contributed by atoms with Crippen LogP contribution in [0, 0.1) is 5.92 Å².